The maximum absolute atomic E-state index is 12.9. The molecule has 7 heteroatoms. The molecule has 0 saturated carbocycles. The number of rotatable bonds is 2. The Hall–Kier alpha value is -1.76. The van der Waals surface area contributed by atoms with E-state index in [-0.39, 0.29) is 18.8 Å². The summed E-state index contributed by atoms with van der Waals surface area (Å²) in [5.74, 6) is 0. The number of ether oxygens (including phenoxy) is 1. The number of carbonyl (C=O) groups is 1. The zero-order valence-corrected chi connectivity index (χ0v) is 10.2. The van der Waals surface area contributed by atoms with Crippen LogP contribution in [-0.2, 0) is 10.9 Å². The summed E-state index contributed by atoms with van der Waals surface area (Å²) in [4.78, 5) is 12.7. The minimum absolute atomic E-state index is 0.00454. The molecule has 1 atom stereocenters. The maximum Gasteiger partial charge on any atom is 0.418 e. The number of halogens is 3. The first-order chi connectivity index (χ1) is 8.77. The third-order valence-electron chi connectivity index (χ3n) is 2.98. The van der Waals surface area contributed by atoms with E-state index in [4.69, 9.17) is 10.5 Å². The number of alkyl halides is 3. The molecule has 104 valence electrons. The van der Waals surface area contributed by atoms with Gasteiger partial charge in [-0.2, -0.15) is 13.2 Å². The topological polar surface area (TPSA) is 55.6 Å². The van der Waals surface area contributed by atoms with Gasteiger partial charge in [0.2, 0.25) is 0 Å². The Balaban J connectivity index is 2.41. The van der Waals surface area contributed by atoms with E-state index in [9.17, 15) is 18.0 Å². The largest absolute Gasteiger partial charge is 0.440 e. The van der Waals surface area contributed by atoms with Crippen molar-refractivity contribution in [1.82, 2.24) is 0 Å². The molecule has 1 heterocycles. The number of amides is 1. The lowest BCUT2D eigenvalue weighted by molar-refractivity contribution is -0.137. The third-order valence-corrected chi connectivity index (χ3v) is 2.98. The van der Waals surface area contributed by atoms with Crippen LogP contribution < -0.4 is 10.6 Å². The Morgan fingerprint density at radius 1 is 1.42 bits per heavy atom. The molecule has 0 bridgehead atoms. The van der Waals surface area contributed by atoms with Crippen LogP contribution in [-0.4, -0.2) is 24.8 Å². The summed E-state index contributed by atoms with van der Waals surface area (Å²) in [5.41, 5.74) is 3.43. The van der Waals surface area contributed by atoms with E-state index < -0.39 is 23.4 Å². The monoisotopic (exact) mass is 274 g/mol. The van der Waals surface area contributed by atoms with Gasteiger partial charge in [0.25, 0.3) is 0 Å². The Morgan fingerprint density at radius 2 is 2.05 bits per heavy atom. The van der Waals surface area contributed by atoms with E-state index in [1.165, 1.54) is 18.2 Å². The summed E-state index contributed by atoms with van der Waals surface area (Å²) >= 11 is 0. The van der Waals surface area contributed by atoms with Crippen LogP contribution in [0.3, 0.4) is 0 Å². The predicted molar refractivity (Wildman–Crippen MR) is 62.7 cm³/mol. The van der Waals surface area contributed by atoms with Crippen molar-refractivity contribution in [3.63, 3.8) is 0 Å². The molecule has 0 aliphatic carbocycles. The van der Waals surface area contributed by atoms with Gasteiger partial charge in [-0.3, -0.25) is 4.90 Å². The highest BCUT2D eigenvalue weighted by molar-refractivity contribution is 5.91. The normalized spacial score (nSPS) is 23.6. The number of benzene rings is 1. The molecule has 1 aliphatic rings. The molecule has 0 spiro atoms. The number of para-hydroxylation sites is 1. The van der Waals surface area contributed by atoms with Crippen LogP contribution in [0.1, 0.15) is 12.5 Å². The van der Waals surface area contributed by atoms with E-state index in [1.54, 1.807) is 6.92 Å². The number of cyclic esters (lactones) is 1. The van der Waals surface area contributed by atoms with Crippen LogP contribution in [0.25, 0.3) is 0 Å². The fourth-order valence-electron chi connectivity index (χ4n) is 1.94. The van der Waals surface area contributed by atoms with Crippen LogP contribution in [0.5, 0.6) is 0 Å². The van der Waals surface area contributed by atoms with Crippen LogP contribution in [0.2, 0.25) is 0 Å². The van der Waals surface area contributed by atoms with Gasteiger partial charge < -0.3 is 10.5 Å². The standard InChI is InChI=1S/C12H13F3N2O2/c1-11(6-16)7-17(10(18)19-11)9-5-3-2-4-8(9)12(13,14)15/h2-5H,6-7,16H2,1H3. The number of hydrogen-bond donors (Lipinski definition) is 1. The van der Waals surface area contributed by atoms with Gasteiger partial charge in [0, 0.05) is 6.54 Å². The fourth-order valence-corrected chi connectivity index (χ4v) is 1.94. The van der Waals surface area contributed by atoms with Crippen molar-refractivity contribution in [1.29, 1.82) is 0 Å². The second-order valence-electron chi connectivity index (χ2n) is 4.62. The predicted octanol–water partition coefficient (Wildman–Crippen LogP) is 2.38. The first-order valence-corrected chi connectivity index (χ1v) is 5.64. The zero-order chi connectivity index (χ0) is 14.3. The molecule has 2 N–H and O–H groups in total. The van der Waals surface area contributed by atoms with Crippen molar-refractivity contribution in [2.75, 3.05) is 18.0 Å². The molecule has 1 amide bonds. The molecule has 0 aromatic heterocycles. The minimum atomic E-state index is -4.53. The molecule has 1 fully saturated rings. The van der Waals surface area contributed by atoms with Gasteiger partial charge in [0.05, 0.1) is 17.8 Å². The van der Waals surface area contributed by atoms with Gasteiger partial charge in [-0.1, -0.05) is 12.1 Å². The Morgan fingerprint density at radius 3 is 2.58 bits per heavy atom. The Labute approximate surface area is 107 Å². The van der Waals surface area contributed by atoms with Crippen LogP contribution in [0.4, 0.5) is 23.7 Å². The third kappa shape index (κ3) is 2.51. The highest BCUT2D eigenvalue weighted by Gasteiger charge is 2.44. The first-order valence-electron chi connectivity index (χ1n) is 5.64. The van der Waals surface area contributed by atoms with Crippen LogP contribution in [0.15, 0.2) is 24.3 Å². The fraction of sp³-hybridized carbons (Fsp3) is 0.417. The molecule has 4 nitrogen and oxygen atoms in total. The average molecular weight is 274 g/mol. The SMILES string of the molecule is CC1(CN)CN(c2ccccc2C(F)(F)F)C(=O)O1. The summed E-state index contributed by atoms with van der Waals surface area (Å²) in [6.07, 6.45) is -5.34. The van der Waals surface area contributed by atoms with Crippen molar-refractivity contribution in [2.24, 2.45) is 5.73 Å². The maximum atomic E-state index is 12.9. The second kappa shape index (κ2) is 4.41. The highest BCUT2D eigenvalue weighted by atomic mass is 19.4. The number of nitrogens with two attached hydrogens (primary N) is 1. The van der Waals surface area contributed by atoms with Crippen molar-refractivity contribution in [2.45, 2.75) is 18.7 Å². The Kier molecular flexibility index (Phi) is 3.17. The molecule has 1 saturated heterocycles. The molecule has 1 aliphatic heterocycles. The Bertz CT molecular complexity index is 504. The molecular weight excluding hydrogens is 261 g/mol. The molecule has 1 aromatic rings. The number of nitrogens with zero attached hydrogens (tertiary/aromatic N) is 1. The van der Waals surface area contributed by atoms with Gasteiger partial charge in [-0.05, 0) is 19.1 Å². The van der Waals surface area contributed by atoms with E-state index >= 15 is 0 Å². The first kappa shape index (κ1) is 13.7. The number of anilines is 1. The van der Waals surface area contributed by atoms with E-state index in [0.29, 0.717) is 0 Å². The molecule has 1 aromatic carbocycles. The summed E-state index contributed by atoms with van der Waals surface area (Å²) < 4.78 is 43.7. The lowest BCUT2D eigenvalue weighted by Crippen LogP contribution is -2.39. The van der Waals surface area contributed by atoms with E-state index in [0.717, 1.165) is 11.0 Å². The van der Waals surface area contributed by atoms with Crippen molar-refractivity contribution in [3.05, 3.63) is 29.8 Å². The molecule has 0 radical (unpaired) electrons. The number of carbonyl (C=O) groups excluding carboxylic acids is 1. The van der Waals surface area contributed by atoms with Gasteiger partial charge in [0.1, 0.15) is 5.60 Å². The summed E-state index contributed by atoms with van der Waals surface area (Å²) in [7, 11) is 0. The lowest BCUT2D eigenvalue weighted by atomic mass is 10.1. The van der Waals surface area contributed by atoms with Gasteiger partial charge in [-0.15, -0.1) is 0 Å². The van der Waals surface area contributed by atoms with Gasteiger partial charge >= 0.3 is 12.3 Å². The van der Waals surface area contributed by atoms with Crippen LogP contribution in [0, 0.1) is 0 Å². The van der Waals surface area contributed by atoms with Crippen LogP contribution >= 0.6 is 0 Å². The van der Waals surface area contributed by atoms with Crippen molar-refractivity contribution in [3.8, 4) is 0 Å². The van der Waals surface area contributed by atoms with Gasteiger partial charge in [0.15, 0.2) is 0 Å². The summed E-state index contributed by atoms with van der Waals surface area (Å²) in [5, 5.41) is 0. The van der Waals surface area contributed by atoms with Crippen molar-refractivity contribution < 1.29 is 22.7 Å². The van der Waals surface area contributed by atoms with E-state index in [1.807, 2.05) is 0 Å². The smallest absolute Gasteiger partial charge is 0.418 e. The quantitative estimate of drug-likeness (QED) is 0.900. The summed E-state index contributed by atoms with van der Waals surface area (Å²) in [6.45, 7) is 1.62. The zero-order valence-electron chi connectivity index (χ0n) is 10.2. The van der Waals surface area contributed by atoms with Gasteiger partial charge in [-0.25, -0.2) is 4.79 Å². The summed E-state index contributed by atoms with van der Waals surface area (Å²) in [6, 6.07) is 4.89. The molecular formula is C12H13F3N2O2. The van der Waals surface area contributed by atoms with E-state index in [2.05, 4.69) is 0 Å². The molecule has 19 heavy (non-hydrogen) atoms. The molecule has 1 unspecified atom stereocenters. The average Bonchev–Trinajstić information content (AvgIpc) is 2.65. The van der Waals surface area contributed by atoms with Crippen molar-refractivity contribution >= 4 is 11.8 Å². The lowest BCUT2D eigenvalue weighted by Gasteiger charge is -2.21. The number of hydrogen-bond acceptors (Lipinski definition) is 3. The second-order valence-corrected chi connectivity index (χ2v) is 4.62. The minimum Gasteiger partial charge on any atom is -0.440 e. The molecule has 2 rings (SSSR count). The highest BCUT2D eigenvalue weighted by Crippen LogP contribution is 2.38.